The van der Waals surface area contributed by atoms with Crippen LogP contribution in [0.2, 0.25) is 0 Å². The molecule has 7 atom stereocenters. The number of piperidine rings is 3. The zero-order valence-electron chi connectivity index (χ0n) is 28.3. The van der Waals surface area contributed by atoms with Gasteiger partial charge >= 0.3 is 0 Å². The molecule has 3 fully saturated rings. The van der Waals surface area contributed by atoms with E-state index in [0.717, 1.165) is 69.0 Å². The summed E-state index contributed by atoms with van der Waals surface area (Å²) in [6, 6.07) is 37.4. The van der Waals surface area contributed by atoms with Crippen molar-refractivity contribution in [2.45, 2.75) is 37.0 Å². The van der Waals surface area contributed by atoms with Crippen LogP contribution in [-0.4, -0.2) is 41.2 Å². The first-order chi connectivity index (χ1) is 24.5. The lowest BCUT2D eigenvalue weighted by atomic mass is 9.73. The first-order valence-electron chi connectivity index (χ1n) is 17.6. The van der Waals surface area contributed by atoms with Crippen LogP contribution in [0.15, 0.2) is 128 Å². The molecule has 7 heteroatoms. The molecule has 3 aliphatic rings. The van der Waals surface area contributed by atoms with Gasteiger partial charge in [-0.05, 0) is 106 Å². The molecular weight excluding hydrogens is 635 g/mol. The molecule has 3 aliphatic heterocycles. The van der Waals surface area contributed by atoms with E-state index in [1.807, 2.05) is 18.3 Å². The Balaban J connectivity index is 1.20. The summed E-state index contributed by atoms with van der Waals surface area (Å²) in [5, 5.41) is 13.9. The van der Waals surface area contributed by atoms with Crippen molar-refractivity contribution in [2.75, 3.05) is 20.2 Å². The van der Waals surface area contributed by atoms with Crippen molar-refractivity contribution in [1.82, 2.24) is 20.5 Å². The topological polar surface area (TPSA) is 75.4 Å². The Labute approximate surface area is 299 Å². The van der Waals surface area contributed by atoms with E-state index in [-0.39, 0.29) is 24.2 Å². The standard InChI is InChI=1S/C43H43N5OS/c1-3-27-26-48-23-21-30(27)24-39(48)41(36-20-22-45-38-19-18-31(49-2)25-37(36)38)46-43(50)47-42(35-17-9-13-29-11-5-7-15-33(29)35)40(44)34-16-8-12-28-10-4-6-14-32(28)34/h3-20,22,25,27,30,39-42H,1,21,23-24,26,44H2,2H3,(H2,46,47,50)/t27?,30?,39?,40-,41-,42-/m0/s1. The van der Waals surface area contributed by atoms with Crippen LogP contribution in [0.25, 0.3) is 32.4 Å². The highest BCUT2D eigenvalue weighted by Crippen LogP contribution is 2.43. The quantitative estimate of drug-likeness (QED) is 0.105. The normalized spacial score (nSPS) is 21.8. The average Bonchev–Trinajstić information content (AvgIpc) is 3.18. The van der Waals surface area contributed by atoms with Gasteiger partial charge in [0.15, 0.2) is 5.11 Å². The predicted octanol–water partition coefficient (Wildman–Crippen LogP) is 8.39. The van der Waals surface area contributed by atoms with Gasteiger partial charge in [-0.15, -0.1) is 6.58 Å². The molecule has 0 spiro atoms. The van der Waals surface area contributed by atoms with Gasteiger partial charge in [0.1, 0.15) is 5.75 Å². The second-order valence-electron chi connectivity index (χ2n) is 13.8. The van der Waals surface area contributed by atoms with E-state index < -0.39 is 0 Å². The van der Waals surface area contributed by atoms with Crippen molar-refractivity contribution in [2.24, 2.45) is 17.6 Å². The highest BCUT2D eigenvalue weighted by Gasteiger charge is 2.43. The van der Waals surface area contributed by atoms with E-state index in [9.17, 15) is 0 Å². The second-order valence-corrected chi connectivity index (χ2v) is 14.2. The summed E-state index contributed by atoms with van der Waals surface area (Å²) in [4.78, 5) is 7.35. The maximum Gasteiger partial charge on any atom is 0.167 e. The molecule has 2 bridgehead atoms. The van der Waals surface area contributed by atoms with Crippen LogP contribution in [-0.2, 0) is 0 Å². The molecule has 50 heavy (non-hydrogen) atoms. The average molecular weight is 678 g/mol. The van der Waals surface area contributed by atoms with Crippen molar-refractivity contribution in [3.8, 4) is 5.75 Å². The number of methoxy groups -OCH3 is 1. The number of pyridine rings is 1. The van der Waals surface area contributed by atoms with Crippen LogP contribution in [0.5, 0.6) is 5.75 Å². The number of nitrogens with two attached hydrogens (primary N) is 1. The van der Waals surface area contributed by atoms with E-state index >= 15 is 0 Å². The van der Waals surface area contributed by atoms with Crippen LogP contribution in [0.3, 0.4) is 0 Å². The number of hydrogen-bond acceptors (Lipinski definition) is 5. The maximum absolute atomic E-state index is 7.36. The summed E-state index contributed by atoms with van der Waals surface area (Å²) < 4.78 is 5.68. The zero-order valence-corrected chi connectivity index (χ0v) is 29.2. The third-order valence-electron chi connectivity index (χ3n) is 11.1. The molecule has 0 amide bonds. The Bertz CT molecular complexity index is 2190. The number of hydrogen-bond donors (Lipinski definition) is 3. The number of rotatable bonds is 9. The zero-order chi connectivity index (χ0) is 34.2. The van der Waals surface area contributed by atoms with Crippen molar-refractivity contribution in [3.63, 3.8) is 0 Å². The second kappa shape index (κ2) is 13.8. The van der Waals surface area contributed by atoms with E-state index in [4.69, 9.17) is 27.7 Å². The molecule has 252 valence electrons. The fraction of sp³-hybridized carbons (Fsp3) is 0.256. The number of nitrogens with one attached hydrogen (secondary N) is 2. The SMILES string of the molecule is C=CC1CN2CCC1CC2[C@@H](NC(=S)N[C@@H](c1cccc2ccccc12)[C@@H](N)c1cccc2ccccc12)c1ccnc2ccc(OC)cc12. The maximum atomic E-state index is 7.36. The molecule has 0 radical (unpaired) electrons. The monoisotopic (exact) mass is 677 g/mol. The molecule has 5 aromatic carbocycles. The Kier molecular flexibility index (Phi) is 8.96. The van der Waals surface area contributed by atoms with Gasteiger partial charge in [-0.25, -0.2) is 0 Å². The highest BCUT2D eigenvalue weighted by molar-refractivity contribution is 7.80. The number of fused-ring (bicyclic) bond motifs is 6. The largest absolute Gasteiger partial charge is 0.497 e. The Morgan fingerprint density at radius 3 is 2.28 bits per heavy atom. The summed E-state index contributed by atoms with van der Waals surface area (Å²) in [5.74, 6) is 1.91. The Morgan fingerprint density at radius 2 is 1.58 bits per heavy atom. The van der Waals surface area contributed by atoms with Crippen molar-refractivity contribution in [3.05, 3.63) is 145 Å². The van der Waals surface area contributed by atoms with Crippen molar-refractivity contribution in [1.29, 1.82) is 0 Å². The van der Waals surface area contributed by atoms with Gasteiger partial charge in [0.25, 0.3) is 0 Å². The third-order valence-corrected chi connectivity index (χ3v) is 11.4. The summed E-state index contributed by atoms with van der Waals surface area (Å²) in [7, 11) is 1.71. The molecule has 0 aliphatic carbocycles. The molecule has 0 saturated carbocycles. The van der Waals surface area contributed by atoms with Gasteiger partial charge in [0, 0.05) is 24.2 Å². The fourth-order valence-electron chi connectivity index (χ4n) is 8.58. The minimum Gasteiger partial charge on any atom is -0.497 e. The molecule has 4 N–H and O–H groups in total. The Hall–Kier alpha value is -4.82. The van der Waals surface area contributed by atoms with Crippen LogP contribution in [0, 0.1) is 11.8 Å². The van der Waals surface area contributed by atoms with Crippen LogP contribution < -0.4 is 21.1 Å². The summed E-state index contributed by atoms with van der Waals surface area (Å²) in [6.07, 6.45) is 6.31. The van der Waals surface area contributed by atoms with Crippen molar-refractivity contribution < 1.29 is 4.74 Å². The lowest BCUT2D eigenvalue weighted by molar-refractivity contribution is 0.00426. The van der Waals surface area contributed by atoms with E-state index in [1.54, 1.807) is 7.11 Å². The minimum atomic E-state index is -0.390. The summed E-state index contributed by atoms with van der Waals surface area (Å²) in [5.41, 5.74) is 11.6. The van der Waals surface area contributed by atoms with Crippen LogP contribution in [0.1, 0.15) is 47.7 Å². The van der Waals surface area contributed by atoms with Gasteiger partial charge in [0.05, 0.1) is 30.8 Å². The van der Waals surface area contributed by atoms with Gasteiger partial charge in [-0.3, -0.25) is 9.88 Å². The van der Waals surface area contributed by atoms with Gasteiger partial charge < -0.3 is 21.1 Å². The number of aromatic nitrogens is 1. The Morgan fingerprint density at radius 1 is 0.880 bits per heavy atom. The first kappa shape index (κ1) is 32.4. The van der Waals surface area contributed by atoms with Crippen molar-refractivity contribution >= 4 is 49.8 Å². The molecule has 3 saturated heterocycles. The molecule has 6 aromatic rings. The fourth-order valence-corrected chi connectivity index (χ4v) is 8.83. The summed E-state index contributed by atoms with van der Waals surface area (Å²) in [6.45, 7) is 6.25. The van der Waals surface area contributed by atoms with E-state index in [2.05, 4.69) is 125 Å². The molecular formula is C43H43N5OS. The van der Waals surface area contributed by atoms with Gasteiger partial charge in [-0.2, -0.15) is 0 Å². The van der Waals surface area contributed by atoms with E-state index in [0.29, 0.717) is 16.9 Å². The lowest BCUT2D eigenvalue weighted by Crippen LogP contribution is -2.58. The number of benzene rings is 5. The third kappa shape index (κ3) is 6.00. The number of nitrogens with zero attached hydrogens (tertiary/aromatic N) is 2. The lowest BCUT2D eigenvalue weighted by Gasteiger charge is -2.52. The summed E-state index contributed by atoms with van der Waals surface area (Å²) >= 11 is 6.31. The highest BCUT2D eigenvalue weighted by atomic mass is 32.1. The molecule has 4 heterocycles. The first-order valence-corrected chi connectivity index (χ1v) is 18.0. The van der Waals surface area contributed by atoms with Crippen LogP contribution >= 0.6 is 12.2 Å². The van der Waals surface area contributed by atoms with Gasteiger partial charge in [-0.1, -0.05) is 91.0 Å². The number of ether oxygens (including phenoxy) is 1. The number of thiocarbonyl (C=S) groups is 1. The van der Waals surface area contributed by atoms with E-state index in [1.165, 1.54) is 11.8 Å². The molecule has 6 nitrogen and oxygen atoms in total. The molecule has 4 unspecified atom stereocenters. The molecule has 1 aromatic heterocycles. The predicted molar refractivity (Wildman–Crippen MR) is 209 cm³/mol. The molecule has 9 rings (SSSR count). The smallest absolute Gasteiger partial charge is 0.167 e. The van der Waals surface area contributed by atoms with Crippen LogP contribution in [0.4, 0.5) is 0 Å². The minimum absolute atomic E-state index is 0.0943. The van der Waals surface area contributed by atoms with Gasteiger partial charge in [0.2, 0.25) is 0 Å².